The summed E-state index contributed by atoms with van der Waals surface area (Å²) in [4.78, 5) is 15.8. The van der Waals surface area contributed by atoms with E-state index in [0.717, 1.165) is 11.3 Å². The fourth-order valence-corrected chi connectivity index (χ4v) is 3.19. The molecule has 144 valence electrons. The second-order valence-corrected chi connectivity index (χ2v) is 7.24. The Hall–Kier alpha value is -3.66. The van der Waals surface area contributed by atoms with E-state index in [1.54, 1.807) is 25.3 Å². The Morgan fingerprint density at radius 2 is 1.82 bits per heavy atom. The maximum Gasteiger partial charge on any atom is 0.264 e. The zero-order valence-electron chi connectivity index (χ0n) is 14.8. The summed E-state index contributed by atoms with van der Waals surface area (Å²) in [5.41, 5.74) is 1.30. The molecule has 0 fully saturated rings. The third-order valence-electron chi connectivity index (χ3n) is 3.62. The number of carbonyl (C=O) groups excluding carboxylic acids is 1. The number of hydrogen-bond donors (Lipinski definition) is 3. The number of anilines is 2. The number of amides is 1. The van der Waals surface area contributed by atoms with Crippen molar-refractivity contribution >= 4 is 33.6 Å². The number of nitrogens with one attached hydrogen (secondary N) is 3. The molecule has 0 aliphatic rings. The van der Waals surface area contributed by atoms with Crippen molar-refractivity contribution in [3.63, 3.8) is 0 Å². The summed E-state index contributed by atoms with van der Waals surface area (Å²) >= 11 is 0. The Morgan fingerprint density at radius 3 is 2.43 bits per heavy atom. The minimum Gasteiger partial charge on any atom is -0.497 e. The number of sulfonamides is 1. The molecule has 0 saturated heterocycles. The molecule has 1 aromatic heterocycles. The number of hydrogen-bond acceptors (Lipinski definition) is 6. The van der Waals surface area contributed by atoms with Crippen LogP contribution in [0.2, 0.25) is 0 Å². The van der Waals surface area contributed by atoms with Crippen molar-refractivity contribution in [3.05, 3.63) is 66.5 Å². The Labute approximate surface area is 161 Å². The lowest BCUT2D eigenvalue weighted by molar-refractivity contribution is -0.111. The Bertz CT molecular complexity index is 1060. The van der Waals surface area contributed by atoms with Crippen LogP contribution in [0.25, 0.3) is 6.08 Å². The molecule has 3 N–H and O–H groups in total. The van der Waals surface area contributed by atoms with Crippen molar-refractivity contribution in [2.75, 3.05) is 17.1 Å². The van der Waals surface area contributed by atoms with Gasteiger partial charge in [0.2, 0.25) is 11.9 Å². The molecule has 0 aliphatic carbocycles. The average molecular weight is 399 g/mol. The summed E-state index contributed by atoms with van der Waals surface area (Å²) in [6.07, 6.45) is 4.24. The SMILES string of the molecule is COc1ccc(C=CC(=O)Nc2ccc(S(=O)(=O)Nc3ncn[nH]3)cc2)cc1. The number of aromatic nitrogens is 3. The molecule has 3 rings (SSSR count). The smallest absolute Gasteiger partial charge is 0.264 e. The van der Waals surface area contributed by atoms with E-state index in [2.05, 4.69) is 25.2 Å². The van der Waals surface area contributed by atoms with E-state index in [1.165, 1.54) is 36.7 Å². The molecule has 3 aromatic rings. The van der Waals surface area contributed by atoms with E-state index >= 15 is 0 Å². The molecular weight excluding hydrogens is 382 g/mol. The van der Waals surface area contributed by atoms with Gasteiger partial charge in [0.1, 0.15) is 12.1 Å². The zero-order chi connectivity index (χ0) is 20.0. The van der Waals surface area contributed by atoms with Gasteiger partial charge in [0, 0.05) is 11.8 Å². The largest absolute Gasteiger partial charge is 0.497 e. The minimum absolute atomic E-state index is 0.0149. The molecule has 10 heteroatoms. The predicted molar refractivity (Wildman–Crippen MR) is 104 cm³/mol. The maximum atomic E-state index is 12.2. The van der Waals surface area contributed by atoms with Crippen LogP contribution < -0.4 is 14.8 Å². The van der Waals surface area contributed by atoms with Crippen LogP contribution >= 0.6 is 0 Å². The molecule has 0 saturated carbocycles. The summed E-state index contributed by atoms with van der Waals surface area (Å²) in [5.74, 6) is 0.404. The van der Waals surface area contributed by atoms with Crippen LogP contribution in [-0.2, 0) is 14.8 Å². The molecule has 0 unspecified atom stereocenters. The van der Waals surface area contributed by atoms with Gasteiger partial charge in [0.15, 0.2) is 0 Å². The van der Waals surface area contributed by atoms with Crippen LogP contribution in [0.15, 0.2) is 65.8 Å². The van der Waals surface area contributed by atoms with Crippen LogP contribution in [0.1, 0.15) is 5.56 Å². The molecule has 1 amide bonds. The minimum atomic E-state index is -3.80. The Morgan fingerprint density at radius 1 is 1.11 bits per heavy atom. The van der Waals surface area contributed by atoms with Gasteiger partial charge in [-0.1, -0.05) is 12.1 Å². The van der Waals surface area contributed by atoms with Gasteiger partial charge in [0.05, 0.1) is 12.0 Å². The molecular formula is C18H17N5O4S. The van der Waals surface area contributed by atoms with E-state index in [9.17, 15) is 13.2 Å². The molecule has 0 spiro atoms. The molecule has 0 bridgehead atoms. The fraction of sp³-hybridized carbons (Fsp3) is 0.0556. The normalized spacial score (nSPS) is 11.3. The highest BCUT2D eigenvalue weighted by Crippen LogP contribution is 2.17. The lowest BCUT2D eigenvalue weighted by Crippen LogP contribution is -2.14. The van der Waals surface area contributed by atoms with Gasteiger partial charge in [-0.2, -0.15) is 10.1 Å². The monoisotopic (exact) mass is 399 g/mol. The van der Waals surface area contributed by atoms with Crippen molar-refractivity contribution < 1.29 is 17.9 Å². The molecule has 0 atom stereocenters. The summed E-state index contributed by atoms with van der Waals surface area (Å²) in [6.45, 7) is 0. The molecule has 0 radical (unpaired) electrons. The lowest BCUT2D eigenvalue weighted by Gasteiger charge is -2.07. The zero-order valence-corrected chi connectivity index (χ0v) is 15.6. The van der Waals surface area contributed by atoms with Crippen LogP contribution in [0.5, 0.6) is 5.75 Å². The first kappa shape index (κ1) is 19.1. The van der Waals surface area contributed by atoms with Gasteiger partial charge in [-0.15, -0.1) is 0 Å². The highest BCUT2D eigenvalue weighted by molar-refractivity contribution is 7.92. The number of carbonyl (C=O) groups is 1. The van der Waals surface area contributed by atoms with Gasteiger partial charge < -0.3 is 10.1 Å². The highest BCUT2D eigenvalue weighted by Gasteiger charge is 2.15. The van der Waals surface area contributed by atoms with E-state index in [0.29, 0.717) is 5.69 Å². The second kappa shape index (κ2) is 8.35. The van der Waals surface area contributed by atoms with Crippen molar-refractivity contribution in [2.24, 2.45) is 0 Å². The number of benzene rings is 2. The Kier molecular flexibility index (Phi) is 5.70. The number of methoxy groups -OCH3 is 1. The maximum absolute atomic E-state index is 12.2. The number of aromatic amines is 1. The van der Waals surface area contributed by atoms with E-state index in [-0.39, 0.29) is 16.8 Å². The van der Waals surface area contributed by atoms with Crippen molar-refractivity contribution in [2.45, 2.75) is 4.90 Å². The first-order chi connectivity index (χ1) is 13.5. The predicted octanol–water partition coefficient (Wildman–Crippen LogP) is 2.27. The van der Waals surface area contributed by atoms with Crippen LogP contribution in [-0.4, -0.2) is 36.6 Å². The number of rotatable bonds is 7. The number of H-pyrrole nitrogens is 1. The van der Waals surface area contributed by atoms with Gasteiger partial charge in [-0.3, -0.25) is 4.79 Å². The third kappa shape index (κ3) is 4.95. The van der Waals surface area contributed by atoms with Crippen LogP contribution in [0.4, 0.5) is 11.6 Å². The summed E-state index contributed by atoms with van der Waals surface area (Å²) < 4.78 is 31.8. The molecule has 1 heterocycles. The molecule has 0 aliphatic heterocycles. The van der Waals surface area contributed by atoms with Gasteiger partial charge in [-0.05, 0) is 48.0 Å². The molecule has 2 aromatic carbocycles. The van der Waals surface area contributed by atoms with Crippen molar-refractivity contribution in [1.82, 2.24) is 15.2 Å². The first-order valence-corrected chi connectivity index (χ1v) is 9.56. The first-order valence-electron chi connectivity index (χ1n) is 8.08. The standard InChI is InChI=1S/C18H17N5O4S/c1-27-15-7-2-13(3-8-15)4-11-17(24)21-14-5-9-16(10-6-14)28(25,26)23-18-19-12-20-22-18/h2-12H,1H3,(H,21,24)(H2,19,20,22,23). The third-order valence-corrected chi connectivity index (χ3v) is 4.98. The Balaban J connectivity index is 1.61. The number of ether oxygens (including phenoxy) is 1. The summed E-state index contributed by atoms with van der Waals surface area (Å²) in [7, 11) is -2.22. The van der Waals surface area contributed by atoms with Crippen LogP contribution in [0.3, 0.4) is 0 Å². The number of nitrogens with zero attached hydrogens (tertiary/aromatic N) is 2. The fourth-order valence-electron chi connectivity index (χ4n) is 2.23. The van der Waals surface area contributed by atoms with E-state index in [1.807, 2.05) is 12.1 Å². The molecule has 9 nitrogen and oxygen atoms in total. The van der Waals surface area contributed by atoms with E-state index in [4.69, 9.17) is 4.74 Å². The lowest BCUT2D eigenvalue weighted by atomic mass is 10.2. The topological polar surface area (TPSA) is 126 Å². The highest BCUT2D eigenvalue weighted by atomic mass is 32.2. The second-order valence-electron chi connectivity index (χ2n) is 5.56. The molecule has 28 heavy (non-hydrogen) atoms. The van der Waals surface area contributed by atoms with E-state index < -0.39 is 10.0 Å². The van der Waals surface area contributed by atoms with Gasteiger partial charge in [0.25, 0.3) is 10.0 Å². The van der Waals surface area contributed by atoms with Crippen LogP contribution in [0, 0.1) is 0 Å². The van der Waals surface area contributed by atoms with Gasteiger partial charge in [-0.25, -0.2) is 18.2 Å². The van der Waals surface area contributed by atoms with Crippen molar-refractivity contribution in [3.8, 4) is 5.75 Å². The average Bonchev–Trinajstić information content (AvgIpc) is 3.19. The van der Waals surface area contributed by atoms with Crippen molar-refractivity contribution in [1.29, 1.82) is 0 Å². The summed E-state index contributed by atoms with van der Waals surface area (Å²) in [5, 5.41) is 8.65. The quantitative estimate of drug-likeness (QED) is 0.523. The summed E-state index contributed by atoms with van der Waals surface area (Å²) in [6, 6.07) is 13.0. The van der Waals surface area contributed by atoms with Gasteiger partial charge >= 0.3 is 0 Å².